The first-order valence-corrected chi connectivity index (χ1v) is 15.5. The smallest absolute Gasteiger partial charge is 0.343 e. The Kier molecular flexibility index (Phi) is 9.85. The van der Waals surface area contributed by atoms with Gasteiger partial charge in [0.25, 0.3) is 5.69 Å². The molecule has 11 nitrogen and oxygen atoms in total. The van der Waals surface area contributed by atoms with Gasteiger partial charge in [0.05, 0.1) is 28.6 Å². The molecule has 0 aliphatic carbocycles. The summed E-state index contributed by atoms with van der Waals surface area (Å²) < 4.78 is 11.6. The second-order valence-electron chi connectivity index (χ2n) is 12.1. The average Bonchev–Trinajstić information content (AvgIpc) is 3.03. The first kappa shape index (κ1) is 32.8. The molecule has 2 aliphatic heterocycles. The molecule has 1 fully saturated rings. The monoisotopic (exact) mass is 628 g/mol. The topological polar surface area (TPSA) is 157 Å². The highest BCUT2D eigenvalue weighted by Crippen LogP contribution is 2.43. The largest absolute Gasteiger partial charge is 0.460 e. The molecule has 3 aromatic carbocycles. The second-order valence-corrected chi connectivity index (χ2v) is 12.1. The lowest BCUT2D eigenvalue weighted by Gasteiger charge is -2.45. The van der Waals surface area contributed by atoms with Crippen molar-refractivity contribution in [1.29, 1.82) is 0 Å². The molecule has 1 saturated heterocycles. The molecule has 0 radical (unpaired) electrons. The highest BCUT2D eigenvalue weighted by Gasteiger charge is 2.58. The molecule has 4 atom stereocenters. The van der Waals surface area contributed by atoms with Gasteiger partial charge in [-0.1, -0.05) is 72.8 Å². The maximum Gasteiger partial charge on any atom is 0.343 e. The molecule has 46 heavy (non-hydrogen) atoms. The van der Waals surface area contributed by atoms with Crippen LogP contribution in [0.1, 0.15) is 62.3 Å². The van der Waals surface area contributed by atoms with Crippen molar-refractivity contribution in [1.82, 2.24) is 10.2 Å². The Balaban J connectivity index is 1.49. The Labute approximate surface area is 268 Å². The molecule has 0 spiro atoms. The highest BCUT2D eigenvalue weighted by molar-refractivity contribution is 5.95. The molecule has 5 rings (SSSR count). The van der Waals surface area contributed by atoms with E-state index in [0.717, 1.165) is 24.1 Å². The van der Waals surface area contributed by atoms with Crippen LogP contribution in [0.3, 0.4) is 0 Å². The molecule has 242 valence electrons. The maximum atomic E-state index is 14.2. The van der Waals surface area contributed by atoms with Gasteiger partial charge in [-0.2, -0.15) is 0 Å². The SMILES string of the molecule is CC1=C(C(=O)OC(C)C)C(c2cccc([N+](=O)[O-])c2)C(O)(C(=O)OC2CCCN(C(c3ccccc3)c3ccccc3)C2)C(N)N1. The third kappa shape index (κ3) is 6.67. The van der Waals surface area contributed by atoms with Crippen LogP contribution < -0.4 is 11.1 Å². The van der Waals surface area contributed by atoms with Crippen molar-refractivity contribution in [2.45, 2.75) is 69.5 Å². The van der Waals surface area contributed by atoms with Gasteiger partial charge in [-0.25, -0.2) is 9.59 Å². The van der Waals surface area contributed by atoms with Crippen molar-refractivity contribution in [2.24, 2.45) is 5.73 Å². The summed E-state index contributed by atoms with van der Waals surface area (Å²) in [6, 6.07) is 25.5. The zero-order valence-corrected chi connectivity index (χ0v) is 26.2. The number of nitro groups is 1. The lowest BCUT2D eigenvalue weighted by atomic mass is 9.72. The van der Waals surface area contributed by atoms with Crippen LogP contribution in [0.2, 0.25) is 0 Å². The zero-order chi connectivity index (χ0) is 33.0. The Morgan fingerprint density at radius 1 is 1.04 bits per heavy atom. The Morgan fingerprint density at radius 3 is 2.26 bits per heavy atom. The summed E-state index contributed by atoms with van der Waals surface area (Å²) in [5.41, 5.74) is 6.21. The first-order chi connectivity index (χ1) is 22.0. The number of nitrogens with two attached hydrogens (primary N) is 1. The number of non-ortho nitro benzene ring substituents is 1. The number of benzene rings is 3. The minimum atomic E-state index is -2.51. The lowest BCUT2D eigenvalue weighted by Crippen LogP contribution is -2.67. The van der Waals surface area contributed by atoms with E-state index in [1.165, 1.54) is 24.3 Å². The number of nitro benzene ring substituents is 1. The molecule has 0 aromatic heterocycles. The number of carbonyl (C=O) groups is 2. The molecule has 4 unspecified atom stereocenters. The van der Waals surface area contributed by atoms with Gasteiger partial charge in [-0.05, 0) is 56.8 Å². The first-order valence-electron chi connectivity index (χ1n) is 15.5. The van der Waals surface area contributed by atoms with E-state index in [1.807, 2.05) is 36.4 Å². The van der Waals surface area contributed by atoms with E-state index < -0.39 is 46.8 Å². The van der Waals surface area contributed by atoms with Crippen LogP contribution in [0.25, 0.3) is 0 Å². The average molecular weight is 629 g/mol. The molecule has 3 aromatic rings. The molecular formula is C35H40N4O7. The number of hydrogen-bond donors (Lipinski definition) is 3. The molecule has 0 amide bonds. The van der Waals surface area contributed by atoms with E-state index in [4.69, 9.17) is 15.2 Å². The van der Waals surface area contributed by atoms with Crippen LogP contribution in [0.5, 0.6) is 0 Å². The summed E-state index contributed by atoms with van der Waals surface area (Å²) in [5.74, 6) is -3.23. The summed E-state index contributed by atoms with van der Waals surface area (Å²) in [6.07, 6.45) is -1.23. The number of allylic oxidation sites excluding steroid dienone is 1. The van der Waals surface area contributed by atoms with Crippen LogP contribution in [-0.4, -0.2) is 63.9 Å². The van der Waals surface area contributed by atoms with E-state index in [-0.39, 0.29) is 28.6 Å². The molecule has 11 heteroatoms. The number of hydrogen-bond acceptors (Lipinski definition) is 10. The Morgan fingerprint density at radius 2 is 1.67 bits per heavy atom. The van der Waals surface area contributed by atoms with Gasteiger partial charge in [0.15, 0.2) is 0 Å². The van der Waals surface area contributed by atoms with E-state index in [0.29, 0.717) is 13.0 Å². The van der Waals surface area contributed by atoms with Gasteiger partial charge in [-0.3, -0.25) is 15.0 Å². The lowest BCUT2D eigenvalue weighted by molar-refractivity contribution is -0.384. The number of carbonyl (C=O) groups excluding carboxylic acids is 2. The number of rotatable bonds is 9. The van der Waals surface area contributed by atoms with E-state index in [9.17, 15) is 24.8 Å². The van der Waals surface area contributed by atoms with Crippen molar-refractivity contribution in [2.75, 3.05) is 13.1 Å². The fourth-order valence-corrected chi connectivity index (χ4v) is 6.50. The summed E-state index contributed by atoms with van der Waals surface area (Å²) in [4.78, 5) is 41.0. The second kappa shape index (κ2) is 13.8. The number of likely N-dealkylation sites (tertiary alicyclic amines) is 1. The summed E-state index contributed by atoms with van der Waals surface area (Å²) >= 11 is 0. The fraction of sp³-hybridized carbons (Fsp3) is 0.371. The molecular weight excluding hydrogens is 588 g/mol. The van der Waals surface area contributed by atoms with Crippen LogP contribution in [0, 0.1) is 10.1 Å². The van der Waals surface area contributed by atoms with E-state index in [2.05, 4.69) is 34.5 Å². The molecule has 2 heterocycles. The van der Waals surface area contributed by atoms with Crippen LogP contribution in [-0.2, 0) is 19.1 Å². The van der Waals surface area contributed by atoms with Gasteiger partial charge in [-0.15, -0.1) is 0 Å². The number of nitrogens with zero attached hydrogens (tertiary/aromatic N) is 2. The fourth-order valence-electron chi connectivity index (χ4n) is 6.50. The zero-order valence-electron chi connectivity index (χ0n) is 26.2. The summed E-state index contributed by atoms with van der Waals surface area (Å²) in [5, 5.41) is 26.8. The van der Waals surface area contributed by atoms with Gasteiger partial charge < -0.3 is 25.6 Å². The van der Waals surface area contributed by atoms with Crippen LogP contribution >= 0.6 is 0 Å². The number of ether oxygens (including phenoxy) is 2. The number of piperidine rings is 1. The standard InChI is InChI=1S/C35H40N4O7/c1-22(2)45-32(40)29-23(3)37-33(36)35(42,30(29)26-16-10-17-27(20-26)39(43)44)34(41)46-28-18-11-19-38(21-28)31(24-12-6-4-7-13-24)25-14-8-5-9-15-25/h4-10,12-17,20,22,28,30-31,33,37,42H,11,18-19,21,36H2,1-3H3. The van der Waals surface area contributed by atoms with E-state index in [1.54, 1.807) is 20.8 Å². The van der Waals surface area contributed by atoms with Crippen molar-refractivity contribution in [3.8, 4) is 0 Å². The number of aliphatic hydroxyl groups is 1. The maximum absolute atomic E-state index is 14.2. The minimum absolute atomic E-state index is 0.0613. The molecule has 0 bridgehead atoms. The quantitative estimate of drug-likeness (QED) is 0.177. The van der Waals surface area contributed by atoms with Crippen molar-refractivity contribution in [3.05, 3.63) is 123 Å². The minimum Gasteiger partial charge on any atom is -0.460 e. The predicted octanol–water partition coefficient (Wildman–Crippen LogP) is 4.32. The third-order valence-corrected chi connectivity index (χ3v) is 8.56. The van der Waals surface area contributed by atoms with Crippen molar-refractivity contribution >= 4 is 17.6 Å². The predicted molar refractivity (Wildman–Crippen MR) is 171 cm³/mol. The number of nitrogens with one attached hydrogen (secondary N) is 1. The summed E-state index contributed by atoms with van der Waals surface area (Å²) in [6.45, 7) is 6.07. The Hall–Kier alpha value is -4.58. The highest BCUT2D eigenvalue weighted by atomic mass is 16.6. The van der Waals surface area contributed by atoms with Crippen molar-refractivity contribution in [3.63, 3.8) is 0 Å². The third-order valence-electron chi connectivity index (χ3n) is 8.56. The molecule has 4 N–H and O–H groups in total. The number of esters is 2. The van der Waals surface area contributed by atoms with Crippen LogP contribution in [0.4, 0.5) is 5.69 Å². The van der Waals surface area contributed by atoms with Gasteiger partial charge in [0.2, 0.25) is 5.60 Å². The molecule has 0 saturated carbocycles. The van der Waals surface area contributed by atoms with Gasteiger partial charge >= 0.3 is 11.9 Å². The van der Waals surface area contributed by atoms with Gasteiger partial charge in [0.1, 0.15) is 12.3 Å². The summed E-state index contributed by atoms with van der Waals surface area (Å²) in [7, 11) is 0. The molecule has 2 aliphatic rings. The Bertz CT molecular complexity index is 1560. The van der Waals surface area contributed by atoms with Crippen LogP contribution in [0.15, 0.2) is 96.2 Å². The van der Waals surface area contributed by atoms with Crippen molar-refractivity contribution < 1.29 is 29.1 Å². The van der Waals surface area contributed by atoms with Gasteiger partial charge in [0, 0.05) is 24.4 Å². The normalized spacial score (nSPS) is 23.6. The van der Waals surface area contributed by atoms with E-state index >= 15 is 0 Å².